The summed E-state index contributed by atoms with van der Waals surface area (Å²) in [6.45, 7) is 6.61. The van der Waals surface area contributed by atoms with Gasteiger partial charge in [0.05, 0.1) is 31.0 Å². The zero-order chi connectivity index (χ0) is 36.7. The maximum absolute atomic E-state index is 16.3. The van der Waals surface area contributed by atoms with E-state index in [1.165, 1.54) is 6.92 Å². The molecular weight excluding hydrogens is 690 g/mol. The van der Waals surface area contributed by atoms with Crippen LogP contribution in [0.25, 0.3) is 0 Å². The van der Waals surface area contributed by atoms with E-state index in [2.05, 4.69) is 4.18 Å². The lowest BCUT2D eigenvalue weighted by Crippen LogP contribution is -2.48. The highest BCUT2D eigenvalue weighted by Gasteiger charge is 2.49. The molecule has 0 unspecified atom stereocenters. The first-order valence-corrected chi connectivity index (χ1v) is 17.0. The van der Waals surface area contributed by atoms with E-state index >= 15 is 8.78 Å². The summed E-state index contributed by atoms with van der Waals surface area (Å²) in [7, 11) is -6.04. The molecule has 1 fully saturated rings. The van der Waals surface area contributed by atoms with Crippen LogP contribution in [0.3, 0.4) is 0 Å². The third-order valence-electron chi connectivity index (χ3n) is 8.20. The molecule has 1 amide bonds. The average molecular weight is 730 g/mol. The number of halogens is 8. The first-order chi connectivity index (χ1) is 22.5. The summed E-state index contributed by atoms with van der Waals surface area (Å²) in [5, 5.41) is 0. The van der Waals surface area contributed by atoms with E-state index in [9.17, 15) is 39.6 Å². The molecule has 0 aromatic heterocycles. The minimum Gasteiger partial charge on any atom is -0.443 e. The average Bonchev–Trinajstić information content (AvgIpc) is 3.38. The van der Waals surface area contributed by atoms with Gasteiger partial charge < -0.3 is 13.8 Å². The molecule has 2 aromatic rings. The summed E-state index contributed by atoms with van der Waals surface area (Å²) >= 11 is 0. The van der Waals surface area contributed by atoms with Crippen LogP contribution in [0.1, 0.15) is 70.2 Å². The molecule has 3 atom stereocenters. The van der Waals surface area contributed by atoms with E-state index in [0.717, 1.165) is 40.1 Å². The number of carbonyl (C=O) groups is 1. The topological polar surface area (TPSA) is 79.4 Å². The molecule has 0 bridgehead atoms. The van der Waals surface area contributed by atoms with Gasteiger partial charge in [0.1, 0.15) is 23.0 Å². The van der Waals surface area contributed by atoms with Crippen molar-refractivity contribution in [1.82, 2.24) is 9.80 Å². The van der Waals surface area contributed by atoms with E-state index in [-0.39, 0.29) is 36.2 Å². The van der Waals surface area contributed by atoms with Crippen LogP contribution in [0.15, 0.2) is 30.3 Å². The maximum Gasteiger partial charge on any atom is 0.534 e. The van der Waals surface area contributed by atoms with Crippen LogP contribution < -0.4 is 9.08 Å². The third kappa shape index (κ3) is 9.14. The van der Waals surface area contributed by atoms with Crippen LogP contribution >= 0.6 is 0 Å². The summed E-state index contributed by atoms with van der Waals surface area (Å²) in [4.78, 5) is 17.6. The number of rotatable bonds is 10. The number of anilines is 1. The summed E-state index contributed by atoms with van der Waals surface area (Å²) in [5.74, 6) is -6.47. The Bertz CT molecular complexity index is 1600. The molecule has 2 heterocycles. The predicted molar refractivity (Wildman–Crippen MR) is 165 cm³/mol. The highest BCUT2D eigenvalue weighted by molar-refractivity contribution is 7.88. The molecule has 2 aliphatic heterocycles. The monoisotopic (exact) mass is 729 g/mol. The molecule has 0 spiro atoms. The van der Waals surface area contributed by atoms with Crippen LogP contribution in [0, 0.1) is 11.6 Å². The molecule has 0 radical (unpaired) electrons. The number of ether oxygens (including phenoxy) is 1. The molecule has 0 aliphatic carbocycles. The van der Waals surface area contributed by atoms with E-state index in [1.54, 1.807) is 20.8 Å². The van der Waals surface area contributed by atoms with Gasteiger partial charge in [-0.25, -0.2) is 22.4 Å². The number of alkyl halides is 6. The number of amides is 1. The van der Waals surface area contributed by atoms with E-state index in [0.29, 0.717) is 26.4 Å². The van der Waals surface area contributed by atoms with Crippen molar-refractivity contribution in [3.05, 3.63) is 58.7 Å². The SMILES string of the molecule is C[C@@H]1Cc2cc(OS(=O)(=O)C(F)(F)F)ccc2[C@@H](c2c(F)cc(N(C(=O)OC(C)(C)C)[C@H]3CCN(CCCF)C3)cc2F)N1CC(C)(F)F. The van der Waals surface area contributed by atoms with Gasteiger partial charge in [0.2, 0.25) is 0 Å². The first kappa shape index (κ1) is 38.6. The van der Waals surface area contributed by atoms with Crippen molar-refractivity contribution in [2.24, 2.45) is 0 Å². The van der Waals surface area contributed by atoms with E-state index in [4.69, 9.17) is 4.74 Å². The Labute approximate surface area is 280 Å². The summed E-state index contributed by atoms with van der Waals surface area (Å²) in [5.41, 5.74) is -7.42. The standard InChI is InChI=1S/C32H39F8N3O5S/c1-19-13-20-14-23(48-49(45,46)32(38,39)40)7-8-24(20)28(42(19)18-31(5,36)37)27-25(34)15-22(16-26(27)35)43(29(44)47-30(2,3)4)21-9-12-41(17-21)11-6-10-33/h7-8,14-16,19,21,28H,6,9-13,17-18H2,1-5H3/t19-,21+,28+/m1/s1. The number of fused-ring (bicyclic) bond motifs is 1. The minimum absolute atomic E-state index is 0.0351. The zero-order valence-corrected chi connectivity index (χ0v) is 28.4. The lowest BCUT2D eigenvalue weighted by atomic mass is 9.84. The van der Waals surface area contributed by atoms with E-state index < -0.39 is 87.5 Å². The highest BCUT2D eigenvalue weighted by Crippen LogP contribution is 2.44. The Hall–Kier alpha value is -3.18. The van der Waals surface area contributed by atoms with Crippen molar-refractivity contribution in [3.63, 3.8) is 0 Å². The first-order valence-electron chi connectivity index (χ1n) is 15.6. The number of nitrogens with zero attached hydrogens (tertiary/aromatic N) is 3. The van der Waals surface area contributed by atoms with Gasteiger partial charge in [-0.15, -0.1) is 0 Å². The fourth-order valence-electron chi connectivity index (χ4n) is 6.27. The Morgan fingerprint density at radius 3 is 2.20 bits per heavy atom. The van der Waals surface area contributed by atoms with Crippen LogP contribution in [0.5, 0.6) is 5.75 Å². The number of carbonyl (C=O) groups excluding carboxylic acids is 1. The Kier molecular flexibility index (Phi) is 11.2. The van der Waals surface area contributed by atoms with Crippen LogP contribution in [0.2, 0.25) is 0 Å². The van der Waals surface area contributed by atoms with Gasteiger partial charge in [0.25, 0.3) is 5.92 Å². The van der Waals surface area contributed by atoms with Gasteiger partial charge in [0.15, 0.2) is 0 Å². The second-order valence-corrected chi connectivity index (χ2v) is 15.0. The van der Waals surface area contributed by atoms with Gasteiger partial charge in [0, 0.05) is 38.2 Å². The van der Waals surface area contributed by atoms with Gasteiger partial charge >= 0.3 is 21.7 Å². The molecule has 0 N–H and O–H groups in total. The second kappa shape index (κ2) is 14.2. The van der Waals surface area contributed by atoms with Crippen molar-refractivity contribution in [2.75, 3.05) is 37.8 Å². The number of hydrogen-bond acceptors (Lipinski definition) is 7. The second-order valence-electron chi connectivity index (χ2n) is 13.5. The molecule has 2 aromatic carbocycles. The smallest absolute Gasteiger partial charge is 0.443 e. The Balaban J connectivity index is 1.81. The normalized spacial score (nSPS) is 21.0. The molecule has 17 heteroatoms. The number of benzene rings is 2. The Morgan fingerprint density at radius 1 is 1.02 bits per heavy atom. The van der Waals surface area contributed by atoms with Crippen molar-refractivity contribution in [3.8, 4) is 5.75 Å². The maximum atomic E-state index is 16.3. The molecule has 274 valence electrons. The number of likely N-dealkylation sites (tertiary alicyclic amines) is 1. The lowest BCUT2D eigenvalue weighted by molar-refractivity contribution is -0.0500. The zero-order valence-electron chi connectivity index (χ0n) is 27.6. The van der Waals surface area contributed by atoms with Gasteiger partial charge in [-0.05, 0) is 82.3 Å². The fourth-order valence-corrected chi connectivity index (χ4v) is 6.72. The molecule has 4 rings (SSSR count). The molecule has 8 nitrogen and oxygen atoms in total. The van der Waals surface area contributed by atoms with Crippen molar-refractivity contribution < 1.29 is 57.3 Å². The third-order valence-corrected chi connectivity index (χ3v) is 9.18. The van der Waals surface area contributed by atoms with Gasteiger partial charge in [-0.1, -0.05) is 6.07 Å². The predicted octanol–water partition coefficient (Wildman–Crippen LogP) is 7.36. The van der Waals surface area contributed by atoms with Crippen LogP contribution in [-0.2, 0) is 21.3 Å². The quantitative estimate of drug-likeness (QED) is 0.144. The van der Waals surface area contributed by atoms with Crippen molar-refractivity contribution in [1.29, 1.82) is 0 Å². The number of hydrogen-bond donors (Lipinski definition) is 0. The summed E-state index contributed by atoms with van der Waals surface area (Å²) in [6, 6.07) is 1.67. The largest absolute Gasteiger partial charge is 0.534 e. The molecule has 49 heavy (non-hydrogen) atoms. The molecule has 1 saturated heterocycles. The molecule has 2 aliphatic rings. The van der Waals surface area contributed by atoms with Crippen molar-refractivity contribution >= 4 is 21.9 Å². The Morgan fingerprint density at radius 2 is 1.65 bits per heavy atom. The summed E-state index contributed by atoms with van der Waals surface area (Å²) in [6.07, 6.45) is -0.337. The van der Waals surface area contributed by atoms with Crippen LogP contribution in [-0.4, -0.2) is 86.3 Å². The van der Waals surface area contributed by atoms with Gasteiger partial charge in [-0.3, -0.25) is 14.2 Å². The highest BCUT2D eigenvalue weighted by atomic mass is 32.2. The lowest BCUT2D eigenvalue weighted by Gasteiger charge is -2.43. The van der Waals surface area contributed by atoms with Gasteiger partial charge in [-0.2, -0.15) is 21.6 Å². The van der Waals surface area contributed by atoms with E-state index in [1.807, 2.05) is 4.90 Å². The van der Waals surface area contributed by atoms with Crippen molar-refractivity contribution in [2.45, 2.75) is 89.0 Å². The van der Waals surface area contributed by atoms with Crippen LogP contribution in [0.4, 0.5) is 45.6 Å². The minimum atomic E-state index is -6.04. The summed E-state index contributed by atoms with van der Waals surface area (Å²) < 4.78 is 146. The molecule has 0 saturated carbocycles. The fraction of sp³-hybridized carbons (Fsp3) is 0.594. The molecular formula is C32H39F8N3O5S.